The number of carbonyl (C=O) groups excluding carboxylic acids is 1. The van der Waals surface area contributed by atoms with Crippen LogP contribution in [-0.4, -0.2) is 18.6 Å². The lowest BCUT2D eigenvalue weighted by molar-refractivity contribution is -0.138. The number of nitrogens with one attached hydrogen (secondary N) is 3. The Bertz CT molecular complexity index is 1340. The van der Waals surface area contributed by atoms with Crippen LogP contribution < -0.4 is 14.8 Å². The second-order valence-electron chi connectivity index (χ2n) is 7.07. The van der Waals surface area contributed by atoms with Crippen molar-refractivity contribution in [3.8, 4) is 0 Å². The smallest absolute Gasteiger partial charge is 0.348 e. The maximum atomic E-state index is 13.2. The number of rotatable bonds is 6. The Kier molecular flexibility index (Phi) is 6.56. The molecule has 0 aliphatic carbocycles. The third-order valence-corrected chi connectivity index (χ3v) is 7.21. The maximum absolute atomic E-state index is 13.2. The molecule has 2 aromatic rings. The molecule has 2 heterocycles. The molecule has 0 saturated heterocycles. The van der Waals surface area contributed by atoms with Crippen molar-refractivity contribution in [2.24, 2.45) is 0 Å². The molecule has 3 N–H and O–H groups in total. The number of allylic oxidation sites excluding steroid dienone is 2. The van der Waals surface area contributed by atoms with E-state index in [4.69, 9.17) is 11.6 Å². The molecule has 0 unspecified atom stereocenters. The summed E-state index contributed by atoms with van der Waals surface area (Å²) in [6, 6.07) is 8.78. The lowest BCUT2D eigenvalue weighted by atomic mass is 10.1. The standard InChI is InChI=1S/C21H16ClF3N4O3S2/c22-14-7-8-15(20(30)26-11-13-4-1-2-5-16(13)21(23,24)25)17(10-14)28-34(31,32)19-6-3-9-29-18(19)12-27-33-29/h1-10,12,27-28H,11H2,(H,26,30). The number of anilines is 1. The minimum Gasteiger partial charge on any atom is -0.348 e. The van der Waals surface area contributed by atoms with Gasteiger partial charge in [-0.2, -0.15) is 13.2 Å². The molecule has 0 radical (unpaired) electrons. The molecule has 0 fully saturated rings. The number of hydrogen-bond acceptors (Lipinski definition) is 6. The van der Waals surface area contributed by atoms with Crippen molar-refractivity contribution in [1.29, 1.82) is 0 Å². The van der Waals surface area contributed by atoms with Crippen molar-refractivity contribution in [3.05, 3.63) is 99.3 Å². The van der Waals surface area contributed by atoms with E-state index in [1.807, 2.05) is 0 Å². The Labute approximate surface area is 202 Å². The number of nitrogens with zero attached hydrogens (tertiary/aromatic N) is 1. The number of sulfonamides is 1. The largest absolute Gasteiger partial charge is 0.416 e. The van der Waals surface area contributed by atoms with Gasteiger partial charge in [0, 0.05) is 24.0 Å². The topological polar surface area (TPSA) is 90.5 Å². The van der Waals surface area contributed by atoms with Crippen LogP contribution in [0.1, 0.15) is 21.5 Å². The third kappa shape index (κ3) is 5.03. The monoisotopic (exact) mass is 528 g/mol. The summed E-state index contributed by atoms with van der Waals surface area (Å²) in [6.07, 6.45) is 1.56. The molecule has 2 aliphatic heterocycles. The molecular weight excluding hydrogens is 513 g/mol. The van der Waals surface area contributed by atoms with Crippen LogP contribution in [0.4, 0.5) is 18.9 Å². The summed E-state index contributed by atoms with van der Waals surface area (Å²) in [5.74, 6) is -0.775. The summed E-state index contributed by atoms with van der Waals surface area (Å²) in [7, 11) is -4.15. The van der Waals surface area contributed by atoms with Crippen LogP contribution in [0.5, 0.6) is 0 Å². The number of alkyl halides is 3. The molecule has 1 amide bonds. The van der Waals surface area contributed by atoms with Crippen LogP contribution >= 0.6 is 23.7 Å². The van der Waals surface area contributed by atoms with E-state index in [9.17, 15) is 26.4 Å². The molecule has 0 atom stereocenters. The predicted molar refractivity (Wildman–Crippen MR) is 124 cm³/mol. The van der Waals surface area contributed by atoms with E-state index in [2.05, 4.69) is 14.8 Å². The van der Waals surface area contributed by atoms with Crippen molar-refractivity contribution in [3.63, 3.8) is 0 Å². The van der Waals surface area contributed by atoms with Crippen LogP contribution in [0.2, 0.25) is 5.02 Å². The Morgan fingerprint density at radius 1 is 1.18 bits per heavy atom. The van der Waals surface area contributed by atoms with Crippen molar-refractivity contribution < 1.29 is 26.4 Å². The highest BCUT2D eigenvalue weighted by Gasteiger charge is 2.33. The van der Waals surface area contributed by atoms with Crippen LogP contribution in [0, 0.1) is 0 Å². The first-order valence-electron chi connectivity index (χ1n) is 9.63. The molecule has 4 rings (SSSR count). The minimum absolute atomic E-state index is 0.0436. The summed E-state index contributed by atoms with van der Waals surface area (Å²) in [4.78, 5) is 12.8. The van der Waals surface area contributed by atoms with Gasteiger partial charge in [-0.1, -0.05) is 29.8 Å². The summed E-state index contributed by atoms with van der Waals surface area (Å²) >= 11 is 7.19. The summed E-state index contributed by atoms with van der Waals surface area (Å²) in [6.45, 7) is -0.413. The minimum atomic E-state index is -4.58. The van der Waals surface area contributed by atoms with Gasteiger partial charge in [-0.15, -0.1) is 0 Å². The summed E-state index contributed by atoms with van der Waals surface area (Å²) in [5, 5.41) is 2.57. The van der Waals surface area contributed by atoms with Gasteiger partial charge >= 0.3 is 6.18 Å². The lowest BCUT2D eigenvalue weighted by Gasteiger charge is -2.21. The van der Waals surface area contributed by atoms with Gasteiger partial charge in [0.05, 0.1) is 34.6 Å². The Morgan fingerprint density at radius 3 is 2.71 bits per heavy atom. The second-order valence-corrected chi connectivity index (χ2v) is 9.97. The molecule has 0 bridgehead atoms. The molecule has 2 aliphatic rings. The lowest BCUT2D eigenvalue weighted by Crippen LogP contribution is -2.27. The SMILES string of the molecule is O=C(NCc1ccccc1C(F)(F)F)c1ccc(Cl)cc1NS(=O)(=O)C1=CC=CN2SNC=C12. The first-order chi connectivity index (χ1) is 16.1. The van der Waals surface area contributed by atoms with Gasteiger partial charge < -0.3 is 10.0 Å². The average molecular weight is 529 g/mol. The average Bonchev–Trinajstić information content (AvgIpc) is 3.26. The maximum Gasteiger partial charge on any atom is 0.416 e. The van der Waals surface area contributed by atoms with Crippen molar-refractivity contribution in [2.75, 3.05) is 4.72 Å². The first kappa shape index (κ1) is 24.0. The Hall–Kier alpha value is -3.09. The van der Waals surface area contributed by atoms with E-state index >= 15 is 0 Å². The quantitative estimate of drug-likeness (QED) is 0.469. The number of carbonyl (C=O) groups is 1. The van der Waals surface area contributed by atoms with Gasteiger partial charge in [0.1, 0.15) is 4.91 Å². The zero-order chi connectivity index (χ0) is 24.5. The normalized spacial score (nSPS) is 15.2. The molecule has 0 aromatic heterocycles. The number of benzene rings is 2. The van der Waals surface area contributed by atoms with E-state index in [-0.39, 0.29) is 26.7 Å². The van der Waals surface area contributed by atoms with E-state index in [1.54, 1.807) is 16.6 Å². The van der Waals surface area contributed by atoms with Crippen molar-refractivity contribution in [2.45, 2.75) is 12.7 Å². The fourth-order valence-corrected chi connectivity index (χ4v) is 5.43. The van der Waals surface area contributed by atoms with Gasteiger partial charge in [-0.25, -0.2) is 8.42 Å². The molecule has 0 saturated carbocycles. The van der Waals surface area contributed by atoms with Gasteiger partial charge in [0.2, 0.25) is 0 Å². The fourth-order valence-electron chi connectivity index (χ4n) is 3.28. The predicted octanol–water partition coefficient (Wildman–Crippen LogP) is 4.75. The highest BCUT2D eigenvalue weighted by Crippen LogP contribution is 2.35. The highest BCUT2D eigenvalue weighted by atomic mass is 35.5. The summed E-state index contributed by atoms with van der Waals surface area (Å²) in [5.41, 5.74) is -0.830. The van der Waals surface area contributed by atoms with Gasteiger partial charge in [-0.05, 0) is 42.0 Å². The number of halogens is 4. The van der Waals surface area contributed by atoms with Crippen LogP contribution in [-0.2, 0) is 22.7 Å². The van der Waals surface area contributed by atoms with Crippen LogP contribution in [0.3, 0.4) is 0 Å². The second kappa shape index (κ2) is 9.28. The zero-order valence-electron chi connectivity index (χ0n) is 17.1. The molecule has 13 heteroatoms. The molecule has 178 valence electrons. The van der Waals surface area contributed by atoms with Gasteiger partial charge in [-0.3, -0.25) is 13.8 Å². The number of amides is 1. The first-order valence-corrected chi connectivity index (χ1v) is 12.3. The third-order valence-electron chi connectivity index (χ3n) is 4.83. The highest BCUT2D eigenvalue weighted by molar-refractivity contribution is 7.97. The molecule has 34 heavy (non-hydrogen) atoms. The number of hydrogen-bond donors (Lipinski definition) is 3. The van der Waals surface area contributed by atoms with Crippen LogP contribution in [0.25, 0.3) is 0 Å². The van der Waals surface area contributed by atoms with E-state index in [0.717, 1.165) is 6.07 Å². The van der Waals surface area contributed by atoms with E-state index < -0.39 is 34.2 Å². The number of fused-ring (bicyclic) bond motifs is 1. The van der Waals surface area contributed by atoms with Crippen molar-refractivity contribution in [1.82, 2.24) is 14.3 Å². The van der Waals surface area contributed by atoms with Crippen molar-refractivity contribution >= 4 is 45.4 Å². The summed E-state index contributed by atoms with van der Waals surface area (Å²) < 4.78 is 72.7. The Morgan fingerprint density at radius 2 is 1.94 bits per heavy atom. The molecule has 2 aromatic carbocycles. The van der Waals surface area contributed by atoms with E-state index in [1.165, 1.54) is 60.8 Å². The molecular formula is C21H16ClF3N4O3S2. The zero-order valence-corrected chi connectivity index (χ0v) is 19.4. The van der Waals surface area contributed by atoms with Crippen LogP contribution in [0.15, 0.2) is 77.6 Å². The fraction of sp³-hybridized carbons (Fsp3) is 0.0952. The Balaban J connectivity index is 1.58. The van der Waals surface area contributed by atoms with Gasteiger partial charge in [0.25, 0.3) is 15.9 Å². The molecule has 7 nitrogen and oxygen atoms in total. The molecule has 0 spiro atoms. The van der Waals surface area contributed by atoms with Gasteiger partial charge in [0.15, 0.2) is 0 Å². The van der Waals surface area contributed by atoms with E-state index in [0.29, 0.717) is 5.70 Å².